The lowest BCUT2D eigenvalue weighted by atomic mass is 9.96. The van der Waals surface area contributed by atoms with Gasteiger partial charge in [-0.25, -0.2) is 0 Å². The van der Waals surface area contributed by atoms with Crippen LogP contribution in [-0.4, -0.2) is 8.76 Å². The lowest BCUT2D eigenvalue weighted by Crippen LogP contribution is -2.03. The zero-order chi connectivity index (χ0) is 12.7. The average Bonchev–Trinajstić information content (AvgIpc) is 2.30. The van der Waals surface area contributed by atoms with Gasteiger partial charge in [0.1, 0.15) is 0 Å². The Balaban J connectivity index is 2.89. The number of aryl methyl sites for hydroxylation is 2. The standard InChI is InChI=1S/C14H22O2S/c1-3-5-6-8-13-10-7-9-12(4-2)14(13)11-17(15)16/h7,9-10H,3-6,8,11H2,1-2H3,(H,15,16)/p-1. The number of hydrogen-bond donors (Lipinski definition) is 0. The molecular weight excluding hydrogens is 232 g/mol. The highest BCUT2D eigenvalue weighted by Crippen LogP contribution is 2.19. The molecule has 0 saturated heterocycles. The zero-order valence-corrected chi connectivity index (χ0v) is 11.5. The average molecular weight is 253 g/mol. The van der Waals surface area contributed by atoms with Crippen molar-refractivity contribution < 1.29 is 8.76 Å². The van der Waals surface area contributed by atoms with E-state index in [1.165, 1.54) is 24.0 Å². The quantitative estimate of drug-likeness (QED) is 0.552. The molecule has 0 aliphatic rings. The molecule has 0 aromatic heterocycles. The van der Waals surface area contributed by atoms with Crippen LogP contribution in [0, 0.1) is 0 Å². The summed E-state index contributed by atoms with van der Waals surface area (Å²) in [5, 5.41) is 0. The number of benzene rings is 1. The molecule has 0 heterocycles. The topological polar surface area (TPSA) is 40.1 Å². The summed E-state index contributed by atoms with van der Waals surface area (Å²) in [6.07, 6.45) is 5.43. The second-order valence-corrected chi connectivity index (χ2v) is 5.21. The van der Waals surface area contributed by atoms with E-state index in [1.54, 1.807) is 0 Å². The minimum atomic E-state index is -2.00. The highest BCUT2D eigenvalue weighted by Gasteiger charge is 2.07. The molecule has 1 unspecified atom stereocenters. The maximum atomic E-state index is 10.9. The lowest BCUT2D eigenvalue weighted by Gasteiger charge is -2.15. The van der Waals surface area contributed by atoms with Gasteiger partial charge < -0.3 is 4.55 Å². The summed E-state index contributed by atoms with van der Waals surface area (Å²) >= 11 is -2.00. The van der Waals surface area contributed by atoms with Crippen molar-refractivity contribution in [3.8, 4) is 0 Å². The van der Waals surface area contributed by atoms with E-state index in [0.29, 0.717) is 0 Å². The minimum absolute atomic E-state index is 0.158. The molecule has 2 nitrogen and oxygen atoms in total. The molecule has 0 radical (unpaired) electrons. The summed E-state index contributed by atoms with van der Waals surface area (Å²) in [6, 6.07) is 6.14. The predicted octanol–water partition coefficient (Wildman–Crippen LogP) is 3.36. The largest absolute Gasteiger partial charge is 0.772 e. The fourth-order valence-corrected chi connectivity index (χ4v) is 2.73. The molecule has 0 bridgehead atoms. The predicted molar refractivity (Wildman–Crippen MR) is 71.7 cm³/mol. The Morgan fingerprint density at radius 3 is 2.47 bits per heavy atom. The highest BCUT2D eigenvalue weighted by molar-refractivity contribution is 7.78. The summed E-state index contributed by atoms with van der Waals surface area (Å²) in [7, 11) is 0. The Labute approximate surface area is 107 Å². The Hall–Kier alpha value is -0.670. The van der Waals surface area contributed by atoms with Gasteiger partial charge in [-0.05, 0) is 36.0 Å². The molecule has 3 heteroatoms. The van der Waals surface area contributed by atoms with E-state index in [1.807, 2.05) is 12.1 Å². The van der Waals surface area contributed by atoms with Crippen LogP contribution in [0.3, 0.4) is 0 Å². The Morgan fingerprint density at radius 1 is 1.18 bits per heavy atom. The molecule has 0 spiro atoms. The van der Waals surface area contributed by atoms with E-state index in [4.69, 9.17) is 0 Å². The van der Waals surface area contributed by atoms with Crippen molar-refractivity contribution in [3.05, 3.63) is 34.9 Å². The molecule has 1 aromatic carbocycles. The molecule has 96 valence electrons. The first kappa shape index (κ1) is 14.4. The van der Waals surface area contributed by atoms with Crippen LogP contribution in [0.2, 0.25) is 0 Å². The molecule has 0 aliphatic heterocycles. The molecule has 1 aromatic rings. The SMILES string of the molecule is CCCCCc1cccc(CC)c1CS(=O)[O-]. The second kappa shape index (κ2) is 7.62. The Morgan fingerprint density at radius 2 is 1.88 bits per heavy atom. The molecule has 17 heavy (non-hydrogen) atoms. The van der Waals surface area contributed by atoms with Crippen LogP contribution >= 0.6 is 0 Å². The third-order valence-electron chi connectivity index (χ3n) is 3.06. The molecular formula is C14H21O2S-. The van der Waals surface area contributed by atoms with Crippen molar-refractivity contribution in [2.45, 2.75) is 51.7 Å². The smallest absolute Gasteiger partial charge is 0.0358 e. The van der Waals surface area contributed by atoms with Gasteiger partial charge in [0.2, 0.25) is 0 Å². The summed E-state index contributed by atoms with van der Waals surface area (Å²) < 4.78 is 21.8. The third kappa shape index (κ3) is 4.60. The number of rotatable bonds is 7. The maximum absolute atomic E-state index is 10.9. The van der Waals surface area contributed by atoms with Gasteiger partial charge in [-0.2, -0.15) is 0 Å². The minimum Gasteiger partial charge on any atom is -0.772 e. The zero-order valence-electron chi connectivity index (χ0n) is 10.7. The van der Waals surface area contributed by atoms with Gasteiger partial charge >= 0.3 is 0 Å². The van der Waals surface area contributed by atoms with Crippen molar-refractivity contribution in [1.29, 1.82) is 0 Å². The lowest BCUT2D eigenvalue weighted by molar-refractivity contribution is 0.535. The van der Waals surface area contributed by atoms with Gasteiger partial charge in [-0.3, -0.25) is 4.21 Å². The van der Waals surface area contributed by atoms with E-state index in [9.17, 15) is 8.76 Å². The van der Waals surface area contributed by atoms with E-state index >= 15 is 0 Å². The molecule has 0 fully saturated rings. The summed E-state index contributed by atoms with van der Waals surface area (Å²) in [5.41, 5.74) is 3.41. The van der Waals surface area contributed by atoms with Crippen LogP contribution in [0.1, 0.15) is 49.8 Å². The van der Waals surface area contributed by atoms with Gasteiger partial charge in [0, 0.05) is 5.75 Å². The third-order valence-corrected chi connectivity index (χ3v) is 3.59. The van der Waals surface area contributed by atoms with Crippen LogP contribution in [0.5, 0.6) is 0 Å². The van der Waals surface area contributed by atoms with E-state index in [0.717, 1.165) is 24.8 Å². The second-order valence-electron chi connectivity index (χ2n) is 4.31. The summed E-state index contributed by atoms with van der Waals surface area (Å²) in [5.74, 6) is 0.158. The maximum Gasteiger partial charge on any atom is 0.0358 e. The van der Waals surface area contributed by atoms with Gasteiger partial charge in [0.25, 0.3) is 0 Å². The van der Waals surface area contributed by atoms with Gasteiger partial charge in [0.15, 0.2) is 0 Å². The van der Waals surface area contributed by atoms with Gasteiger partial charge in [-0.1, -0.05) is 56.0 Å². The van der Waals surface area contributed by atoms with Crippen molar-refractivity contribution >= 4 is 11.1 Å². The number of hydrogen-bond acceptors (Lipinski definition) is 2. The first-order valence-corrected chi connectivity index (χ1v) is 7.58. The van der Waals surface area contributed by atoms with Gasteiger partial charge in [0.05, 0.1) is 0 Å². The van der Waals surface area contributed by atoms with Crippen LogP contribution in [0.25, 0.3) is 0 Å². The van der Waals surface area contributed by atoms with Crippen LogP contribution in [0.15, 0.2) is 18.2 Å². The van der Waals surface area contributed by atoms with Crippen molar-refractivity contribution in [1.82, 2.24) is 0 Å². The number of unbranched alkanes of at least 4 members (excludes halogenated alkanes) is 2. The fourth-order valence-electron chi connectivity index (χ4n) is 2.12. The molecule has 0 aliphatic carbocycles. The van der Waals surface area contributed by atoms with E-state index in [-0.39, 0.29) is 5.75 Å². The molecule has 1 atom stereocenters. The van der Waals surface area contributed by atoms with Crippen molar-refractivity contribution in [2.75, 3.05) is 0 Å². The highest BCUT2D eigenvalue weighted by atomic mass is 32.2. The van der Waals surface area contributed by atoms with Crippen LogP contribution in [0.4, 0.5) is 0 Å². The van der Waals surface area contributed by atoms with E-state index in [2.05, 4.69) is 19.9 Å². The van der Waals surface area contributed by atoms with E-state index < -0.39 is 11.1 Å². The molecule has 0 amide bonds. The van der Waals surface area contributed by atoms with Crippen LogP contribution in [-0.2, 0) is 29.7 Å². The monoisotopic (exact) mass is 253 g/mol. The Kier molecular flexibility index (Phi) is 6.45. The Bertz CT molecular complexity index is 374. The first-order valence-electron chi connectivity index (χ1n) is 6.34. The first-order chi connectivity index (χ1) is 8.19. The summed E-state index contributed by atoms with van der Waals surface area (Å²) in [4.78, 5) is 0. The normalized spacial score (nSPS) is 12.6. The summed E-state index contributed by atoms with van der Waals surface area (Å²) in [6.45, 7) is 4.25. The van der Waals surface area contributed by atoms with Gasteiger partial charge in [-0.15, -0.1) is 0 Å². The van der Waals surface area contributed by atoms with Crippen molar-refractivity contribution in [3.63, 3.8) is 0 Å². The fraction of sp³-hybridized carbons (Fsp3) is 0.571. The molecule has 0 N–H and O–H groups in total. The van der Waals surface area contributed by atoms with Crippen molar-refractivity contribution in [2.24, 2.45) is 0 Å². The molecule has 1 rings (SSSR count). The van der Waals surface area contributed by atoms with Crippen LogP contribution < -0.4 is 0 Å². The molecule has 0 saturated carbocycles.